The Bertz CT molecular complexity index is 667. The number of fused-ring (bicyclic) bond motifs is 1. The third-order valence-electron chi connectivity index (χ3n) is 2.94. The summed E-state index contributed by atoms with van der Waals surface area (Å²) >= 11 is 0. The standard InChI is InChI=1S/C14H13N3O2/c1-17(14(18)10-6-7-19-9-10)8-13-15-11-4-2-3-5-12(11)16-13/h2-7,9H,8H2,1H3,(H,15,16). The first kappa shape index (κ1) is 11.5. The summed E-state index contributed by atoms with van der Waals surface area (Å²) in [4.78, 5) is 21.3. The predicted octanol–water partition coefficient (Wildman–Crippen LogP) is 2.43. The van der Waals surface area contributed by atoms with E-state index in [-0.39, 0.29) is 5.91 Å². The van der Waals surface area contributed by atoms with E-state index in [0.717, 1.165) is 16.9 Å². The third-order valence-corrected chi connectivity index (χ3v) is 2.94. The lowest BCUT2D eigenvalue weighted by Gasteiger charge is -2.14. The number of hydrogen-bond donors (Lipinski definition) is 1. The monoisotopic (exact) mass is 255 g/mol. The molecule has 1 amide bonds. The van der Waals surface area contributed by atoms with Gasteiger partial charge in [-0.05, 0) is 18.2 Å². The number of rotatable bonds is 3. The summed E-state index contributed by atoms with van der Waals surface area (Å²) in [7, 11) is 1.74. The number of amides is 1. The van der Waals surface area contributed by atoms with E-state index in [2.05, 4.69) is 9.97 Å². The van der Waals surface area contributed by atoms with Crippen LogP contribution in [0.15, 0.2) is 47.3 Å². The molecule has 3 aromatic rings. The highest BCUT2D eigenvalue weighted by atomic mass is 16.3. The zero-order valence-corrected chi connectivity index (χ0v) is 10.5. The van der Waals surface area contributed by atoms with Gasteiger partial charge in [0.15, 0.2) is 0 Å². The van der Waals surface area contributed by atoms with Gasteiger partial charge in [0.05, 0.1) is 29.4 Å². The normalized spacial score (nSPS) is 10.8. The Morgan fingerprint density at radius 1 is 1.37 bits per heavy atom. The second-order valence-electron chi connectivity index (χ2n) is 4.37. The molecule has 0 radical (unpaired) electrons. The van der Waals surface area contributed by atoms with Gasteiger partial charge in [0.1, 0.15) is 12.1 Å². The van der Waals surface area contributed by atoms with Crippen molar-refractivity contribution < 1.29 is 9.21 Å². The molecule has 0 aliphatic rings. The van der Waals surface area contributed by atoms with Gasteiger partial charge in [0.2, 0.25) is 0 Å². The van der Waals surface area contributed by atoms with Gasteiger partial charge in [-0.15, -0.1) is 0 Å². The number of carbonyl (C=O) groups is 1. The minimum absolute atomic E-state index is 0.0887. The first-order valence-electron chi connectivity index (χ1n) is 5.95. The number of H-pyrrole nitrogens is 1. The molecule has 0 aliphatic carbocycles. The van der Waals surface area contributed by atoms with Crippen molar-refractivity contribution in [3.8, 4) is 0 Å². The van der Waals surface area contributed by atoms with Crippen LogP contribution in [0.1, 0.15) is 16.2 Å². The van der Waals surface area contributed by atoms with Crippen molar-refractivity contribution in [2.24, 2.45) is 0 Å². The Morgan fingerprint density at radius 2 is 2.21 bits per heavy atom. The lowest BCUT2D eigenvalue weighted by molar-refractivity contribution is 0.0781. The average molecular weight is 255 g/mol. The molecule has 0 spiro atoms. The van der Waals surface area contributed by atoms with Crippen molar-refractivity contribution >= 4 is 16.9 Å². The molecule has 2 heterocycles. The number of hydrogen-bond acceptors (Lipinski definition) is 3. The van der Waals surface area contributed by atoms with Gasteiger partial charge in [0, 0.05) is 7.05 Å². The number of carbonyl (C=O) groups excluding carboxylic acids is 1. The van der Waals surface area contributed by atoms with Crippen molar-refractivity contribution in [1.29, 1.82) is 0 Å². The number of benzene rings is 1. The fraction of sp³-hybridized carbons (Fsp3) is 0.143. The van der Waals surface area contributed by atoms with Crippen LogP contribution in [0.25, 0.3) is 11.0 Å². The molecule has 0 saturated carbocycles. The lowest BCUT2D eigenvalue weighted by atomic mass is 10.3. The molecule has 19 heavy (non-hydrogen) atoms. The van der Waals surface area contributed by atoms with Crippen molar-refractivity contribution in [1.82, 2.24) is 14.9 Å². The summed E-state index contributed by atoms with van der Waals surface area (Å²) in [6, 6.07) is 9.44. The number of imidazole rings is 1. The van der Waals surface area contributed by atoms with Gasteiger partial charge in [-0.3, -0.25) is 4.79 Å². The molecule has 1 N–H and O–H groups in total. The van der Waals surface area contributed by atoms with Gasteiger partial charge < -0.3 is 14.3 Å². The molecule has 96 valence electrons. The van der Waals surface area contributed by atoms with Gasteiger partial charge in [-0.25, -0.2) is 4.98 Å². The molecule has 0 saturated heterocycles. The number of aromatic amines is 1. The first-order valence-corrected chi connectivity index (χ1v) is 5.95. The molecule has 0 bridgehead atoms. The quantitative estimate of drug-likeness (QED) is 0.781. The van der Waals surface area contributed by atoms with E-state index in [4.69, 9.17) is 4.42 Å². The smallest absolute Gasteiger partial charge is 0.257 e. The van der Waals surface area contributed by atoms with Gasteiger partial charge in [-0.1, -0.05) is 12.1 Å². The van der Waals surface area contributed by atoms with Crippen LogP contribution in [0.5, 0.6) is 0 Å². The Kier molecular flexibility index (Phi) is 2.79. The highest BCUT2D eigenvalue weighted by Gasteiger charge is 2.14. The molecular formula is C14H13N3O2. The molecule has 0 fully saturated rings. The van der Waals surface area contributed by atoms with Crippen LogP contribution >= 0.6 is 0 Å². The number of furan rings is 1. The van der Waals surface area contributed by atoms with Gasteiger partial charge >= 0.3 is 0 Å². The van der Waals surface area contributed by atoms with Crippen LogP contribution < -0.4 is 0 Å². The third kappa shape index (κ3) is 2.22. The zero-order chi connectivity index (χ0) is 13.2. The maximum absolute atomic E-state index is 12.0. The van der Waals surface area contributed by atoms with Crippen LogP contribution in [-0.2, 0) is 6.54 Å². The summed E-state index contributed by atoms with van der Waals surface area (Å²) in [5, 5.41) is 0. The fourth-order valence-corrected chi connectivity index (χ4v) is 1.98. The molecule has 1 aromatic carbocycles. The fourth-order valence-electron chi connectivity index (χ4n) is 1.98. The van der Waals surface area contributed by atoms with E-state index in [1.54, 1.807) is 18.0 Å². The van der Waals surface area contributed by atoms with E-state index < -0.39 is 0 Å². The Morgan fingerprint density at radius 3 is 2.95 bits per heavy atom. The number of aromatic nitrogens is 2. The SMILES string of the molecule is CN(Cc1nc2ccccc2[nH]1)C(=O)c1ccoc1. The van der Waals surface area contributed by atoms with E-state index >= 15 is 0 Å². The van der Waals surface area contributed by atoms with Crippen LogP contribution in [0.3, 0.4) is 0 Å². The predicted molar refractivity (Wildman–Crippen MR) is 70.6 cm³/mol. The maximum Gasteiger partial charge on any atom is 0.257 e. The topological polar surface area (TPSA) is 62.1 Å². The van der Waals surface area contributed by atoms with Gasteiger partial charge in [-0.2, -0.15) is 0 Å². The molecule has 0 atom stereocenters. The number of nitrogens with one attached hydrogen (secondary N) is 1. The Hall–Kier alpha value is -2.56. The van der Waals surface area contributed by atoms with Crippen LogP contribution in [0.2, 0.25) is 0 Å². The Labute approximate surface area is 109 Å². The molecule has 2 aromatic heterocycles. The minimum Gasteiger partial charge on any atom is -0.472 e. The largest absolute Gasteiger partial charge is 0.472 e. The highest BCUT2D eigenvalue weighted by molar-refractivity contribution is 5.93. The van der Waals surface area contributed by atoms with Crippen molar-refractivity contribution in [2.75, 3.05) is 7.05 Å². The minimum atomic E-state index is -0.0887. The van der Waals surface area contributed by atoms with E-state index in [1.165, 1.54) is 12.5 Å². The second-order valence-corrected chi connectivity index (χ2v) is 4.37. The molecule has 0 unspecified atom stereocenters. The van der Waals surface area contributed by atoms with Crippen molar-refractivity contribution in [2.45, 2.75) is 6.54 Å². The second kappa shape index (κ2) is 4.61. The van der Waals surface area contributed by atoms with Crippen molar-refractivity contribution in [3.63, 3.8) is 0 Å². The summed E-state index contributed by atoms with van der Waals surface area (Å²) < 4.78 is 4.91. The van der Waals surface area contributed by atoms with Crippen LogP contribution in [0.4, 0.5) is 0 Å². The van der Waals surface area contributed by atoms with E-state index in [1.807, 2.05) is 24.3 Å². The molecule has 5 nitrogen and oxygen atoms in total. The van der Waals surface area contributed by atoms with E-state index in [9.17, 15) is 4.79 Å². The Balaban J connectivity index is 1.79. The summed E-state index contributed by atoms with van der Waals surface area (Å²) in [5.74, 6) is 0.676. The molecular weight excluding hydrogens is 242 g/mol. The summed E-state index contributed by atoms with van der Waals surface area (Å²) in [5.41, 5.74) is 2.42. The molecule has 5 heteroatoms. The lowest BCUT2D eigenvalue weighted by Crippen LogP contribution is -2.26. The van der Waals surface area contributed by atoms with Crippen molar-refractivity contribution in [3.05, 3.63) is 54.2 Å². The van der Waals surface area contributed by atoms with Crippen LogP contribution in [-0.4, -0.2) is 27.8 Å². The summed E-state index contributed by atoms with van der Waals surface area (Å²) in [6.45, 7) is 0.429. The highest BCUT2D eigenvalue weighted by Crippen LogP contribution is 2.12. The molecule has 0 aliphatic heterocycles. The average Bonchev–Trinajstić information content (AvgIpc) is 3.06. The zero-order valence-electron chi connectivity index (χ0n) is 10.5. The van der Waals surface area contributed by atoms with Gasteiger partial charge in [0.25, 0.3) is 5.91 Å². The maximum atomic E-state index is 12.0. The molecule has 3 rings (SSSR count). The van der Waals surface area contributed by atoms with Crippen LogP contribution in [0, 0.1) is 0 Å². The number of nitrogens with zero attached hydrogens (tertiary/aromatic N) is 2. The van der Waals surface area contributed by atoms with E-state index in [0.29, 0.717) is 12.1 Å². The summed E-state index contributed by atoms with van der Waals surface area (Å²) in [6.07, 6.45) is 2.93. The first-order chi connectivity index (χ1) is 9.24. The number of para-hydroxylation sites is 2.